The van der Waals surface area contributed by atoms with Gasteiger partial charge in [-0.15, -0.1) is 0 Å². The summed E-state index contributed by atoms with van der Waals surface area (Å²) in [4.78, 5) is 26.6. The molecule has 2 aromatic carbocycles. The third-order valence-electron chi connectivity index (χ3n) is 4.90. The van der Waals surface area contributed by atoms with E-state index in [4.69, 9.17) is 4.74 Å². The van der Waals surface area contributed by atoms with E-state index < -0.39 is 0 Å². The van der Waals surface area contributed by atoms with E-state index in [1.54, 1.807) is 12.0 Å². The highest BCUT2D eigenvalue weighted by Gasteiger charge is 2.35. The summed E-state index contributed by atoms with van der Waals surface area (Å²) in [6.45, 7) is 4.91. The maximum absolute atomic E-state index is 12.5. The molecule has 0 aliphatic carbocycles. The van der Waals surface area contributed by atoms with Crippen LogP contribution in [0.1, 0.15) is 23.1 Å². The summed E-state index contributed by atoms with van der Waals surface area (Å²) < 4.78 is 5.19. The molecule has 5 heteroatoms. The number of benzene rings is 2. The monoisotopic (exact) mass is 352 g/mol. The molecule has 0 bridgehead atoms. The van der Waals surface area contributed by atoms with Gasteiger partial charge in [0.2, 0.25) is 11.8 Å². The Hall–Kier alpha value is -2.82. The minimum absolute atomic E-state index is 0.00483. The summed E-state index contributed by atoms with van der Waals surface area (Å²) in [5.74, 6) is 0.339. The number of rotatable bonds is 5. The lowest BCUT2D eigenvalue weighted by Crippen LogP contribution is -2.32. The summed E-state index contributed by atoms with van der Waals surface area (Å²) in [5, 5.41) is 2.93. The number of nitrogens with one attached hydrogen (secondary N) is 1. The van der Waals surface area contributed by atoms with Crippen LogP contribution in [0.4, 0.5) is 5.69 Å². The van der Waals surface area contributed by atoms with Crippen molar-refractivity contribution in [3.8, 4) is 5.75 Å². The lowest BCUT2D eigenvalue weighted by molar-refractivity contribution is -0.126. The first-order chi connectivity index (χ1) is 12.5. The summed E-state index contributed by atoms with van der Waals surface area (Å²) in [6.07, 6.45) is 0.247. The van der Waals surface area contributed by atoms with Crippen molar-refractivity contribution < 1.29 is 14.3 Å². The Bertz CT molecular complexity index is 832. The van der Waals surface area contributed by atoms with Gasteiger partial charge in [0.25, 0.3) is 0 Å². The van der Waals surface area contributed by atoms with Crippen LogP contribution in [0.25, 0.3) is 0 Å². The number of carbonyl (C=O) groups is 2. The highest BCUT2D eigenvalue weighted by atomic mass is 16.5. The highest BCUT2D eigenvalue weighted by molar-refractivity contribution is 6.00. The van der Waals surface area contributed by atoms with Crippen LogP contribution in [0, 0.1) is 19.8 Å². The first-order valence-electron chi connectivity index (χ1n) is 8.76. The Morgan fingerprint density at radius 3 is 2.73 bits per heavy atom. The maximum atomic E-state index is 12.5. The molecule has 26 heavy (non-hydrogen) atoms. The molecular weight excluding hydrogens is 328 g/mol. The molecule has 0 unspecified atom stereocenters. The van der Waals surface area contributed by atoms with Gasteiger partial charge < -0.3 is 15.0 Å². The molecule has 1 saturated heterocycles. The van der Waals surface area contributed by atoms with E-state index in [1.165, 1.54) is 5.56 Å². The van der Waals surface area contributed by atoms with Gasteiger partial charge in [-0.25, -0.2) is 0 Å². The van der Waals surface area contributed by atoms with E-state index in [0.29, 0.717) is 13.1 Å². The fraction of sp³-hybridized carbons (Fsp3) is 0.333. The average Bonchev–Trinajstić information content (AvgIpc) is 3.04. The number of methoxy groups -OCH3 is 1. The molecule has 0 aromatic heterocycles. The van der Waals surface area contributed by atoms with Crippen LogP contribution in [0.2, 0.25) is 0 Å². The lowest BCUT2D eigenvalue weighted by atomic mass is 10.1. The van der Waals surface area contributed by atoms with Gasteiger partial charge in [-0.05, 0) is 54.8 Å². The molecule has 2 amide bonds. The van der Waals surface area contributed by atoms with Crippen LogP contribution < -0.4 is 15.0 Å². The van der Waals surface area contributed by atoms with Crippen molar-refractivity contribution in [2.24, 2.45) is 5.92 Å². The third kappa shape index (κ3) is 3.87. The third-order valence-corrected chi connectivity index (χ3v) is 4.90. The van der Waals surface area contributed by atoms with E-state index in [0.717, 1.165) is 22.6 Å². The second-order valence-corrected chi connectivity index (χ2v) is 6.74. The second-order valence-electron chi connectivity index (χ2n) is 6.74. The number of ether oxygens (including phenoxy) is 1. The van der Waals surface area contributed by atoms with Gasteiger partial charge in [0.1, 0.15) is 5.75 Å². The smallest absolute Gasteiger partial charge is 0.227 e. The Morgan fingerprint density at radius 2 is 2.00 bits per heavy atom. The zero-order valence-corrected chi connectivity index (χ0v) is 15.4. The fourth-order valence-corrected chi connectivity index (χ4v) is 3.14. The summed E-state index contributed by atoms with van der Waals surface area (Å²) >= 11 is 0. The van der Waals surface area contributed by atoms with Crippen LogP contribution in [0.3, 0.4) is 0 Å². The quantitative estimate of drug-likeness (QED) is 0.900. The maximum Gasteiger partial charge on any atom is 0.227 e. The van der Waals surface area contributed by atoms with Gasteiger partial charge in [-0.2, -0.15) is 0 Å². The van der Waals surface area contributed by atoms with Gasteiger partial charge in [0, 0.05) is 25.2 Å². The van der Waals surface area contributed by atoms with Crippen molar-refractivity contribution in [3.63, 3.8) is 0 Å². The molecule has 1 heterocycles. The van der Waals surface area contributed by atoms with Crippen LogP contribution in [0.5, 0.6) is 5.75 Å². The standard InChI is InChI=1S/C21H24N2O3/c1-14-7-8-18(9-15(14)2)23-13-17(11-20(23)24)21(25)22-12-16-5-4-6-19(10-16)26-3/h4-10,17H,11-13H2,1-3H3,(H,22,25)/t17-/m0/s1. The fourth-order valence-electron chi connectivity index (χ4n) is 3.14. The average molecular weight is 352 g/mol. The van der Waals surface area contributed by atoms with Crippen LogP contribution in [0.15, 0.2) is 42.5 Å². The number of hydrogen-bond donors (Lipinski definition) is 1. The molecule has 2 aromatic rings. The number of hydrogen-bond acceptors (Lipinski definition) is 3. The van der Waals surface area contributed by atoms with E-state index in [-0.39, 0.29) is 24.2 Å². The topological polar surface area (TPSA) is 58.6 Å². The molecule has 1 N–H and O–H groups in total. The predicted octanol–water partition coefficient (Wildman–Crippen LogP) is 2.98. The van der Waals surface area contributed by atoms with Gasteiger partial charge >= 0.3 is 0 Å². The minimum atomic E-state index is -0.324. The van der Waals surface area contributed by atoms with Crippen LogP contribution >= 0.6 is 0 Å². The van der Waals surface area contributed by atoms with Crippen LogP contribution in [-0.2, 0) is 16.1 Å². The Morgan fingerprint density at radius 1 is 1.19 bits per heavy atom. The number of anilines is 1. The van der Waals surface area contributed by atoms with Crippen molar-refractivity contribution >= 4 is 17.5 Å². The number of amides is 2. The normalized spacial score (nSPS) is 16.7. The van der Waals surface area contributed by atoms with E-state index >= 15 is 0 Å². The zero-order chi connectivity index (χ0) is 18.7. The van der Waals surface area contributed by atoms with Crippen molar-refractivity contribution in [2.75, 3.05) is 18.6 Å². The Balaban J connectivity index is 1.62. The van der Waals surface area contributed by atoms with Crippen molar-refractivity contribution in [2.45, 2.75) is 26.8 Å². The molecule has 1 atom stereocenters. The molecule has 5 nitrogen and oxygen atoms in total. The molecule has 0 saturated carbocycles. The summed E-state index contributed by atoms with van der Waals surface area (Å²) in [7, 11) is 1.61. The van der Waals surface area contributed by atoms with Crippen molar-refractivity contribution in [3.05, 3.63) is 59.2 Å². The largest absolute Gasteiger partial charge is 0.497 e. The van der Waals surface area contributed by atoms with E-state index in [2.05, 4.69) is 5.32 Å². The molecule has 1 fully saturated rings. The molecule has 1 aliphatic heterocycles. The Labute approximate surface area is 154 Å². The van der Waals surface area contributed by atoms with Crippen molar-refractivity contribution in [1.82, 2.24) is 5.32 Å². The minimum Gasteiger partial charge on any atom is -0.497 e. The molecule has 1 aliphatic rings. The molecule has 0 spiro atoms. The van der Waals surface area contributed by atoms with Gasteiger partial charge in [0.05, 0.1) is 13.0 Å². The molecular formula is C21H24N2O3. The Kier molecular flexibility index (Phi) is 5.26. The van der Waals surface area contributed by atoms with Gasteiger partial charge in [-0.3, -0.25) is 9.59 Å². The SMILES string of the molecule is COc1cccc(CNC(=O)[C@H]2CC(=O)N(c3ccc(C)c(C)c3)C2)c1. The number of aryl methyl sites for hydroxylation is 2. The number of nitrogens with zero attached hydrogens (tertiary/aromatic N) is 1. The lowest BCUT2D eigenvalue weighted by Gasteiger charge is -2.18. The summed E-state index contributed by atoms with van der Waals surface area (Å²) in [6, 6.07) is 13.5. The van der Waals surface area contributed by atoms with Crippen LogP contribution in [-0.4, -0.2) is 25.5 Å². The van der Waals surface area contributed by atoms with E-state index in [9.17, 15) is 9.59 Å². The molecule has 136 valence electrons. The van der Waals surface area contributed by atoms with E-state index in [1.807, 2.05) is 56.3 Å². The number of carbonyl (C=O) groups excluding carboxylic acids is 2. The molecule has 0 radical (unpaired) electrons. The summed E-state index contributed by atoms with van der Waals surface area (Å²) in [5.41, 5.74) is 4.16. The van der Waals surface area contributed by atoms with Gasteiger partial charge in [-0.1, -0.05) is 18.2 Å². The zero-order valence-electron chi connectivity index (χ0n) is 15.4. The highest BCUT2D eigenvalue weighted by Crippen LogP contribution is 2.27. The molecule has 3 rings (SSSR count). The van der Waals surface area contributed by atoms with Crippen molar-refractivity contribution in [1.29, 1.82) is 0 Å². The predicted molar refractivity (Wildman–Crippen MR) is 101 cm³/mol. The first-order valence-corrected chi connectivity index (χ1v) is 8.76. The first kappa shape index (κ1) is 18.0. The van der Waals surface area contributed by atoms with Gasteiger partial charge in [0.15, 0.2) is 0 Å². The second kappa shape index (κ2) is 7.60.